The van der Waals surface area contributed by atoms with E-state index in [1.807, 2.05) is 6.92 Å². The van der Waals surface area contributed by atoms with Crippen LogP contribution < -0.4 is 0 Å². The molecule has 0 heterocycles. The third-order valence-electron chi connectivity index (χ3n) is 1.56. The second-order valence-electron chi connectivity index (χ2n) is 2.89. The van der Waals surface area contributed by atoms with E-state index < -0.39 is 11.9 Å². The third-order valence-corrected chi connectivity index (χ3v) is 1.56. The highest BCUT2D eigenvalue weighted by Gasteiger charge is 2.02. The van der Waals surface area contributed by atoms with E-state index in [1.165, 1.54) is 0 Å². The van der Waals surface area contributed by atoms with Gasteiger partial charge in [-0.25, -0.2) is 4.79 Å². The van der Waals surface area contributed by atoms with Crippen LogP contribution in [0.15, 0.2) is 30.3 Å². The normalized spacial score (nSPS) is 8.62. The summed E-state index contributed by atoms with van der Waals surface area (Å²) in [5.74, 6) is -1.45. The number of carbonyl (C=O) groups is 2. The highest BCUT2D eigenvalue weighted by Crippen LogP contribution is 1.98. The highest BCUT2D eigenvalue weighted by molar-refractivity contribution is 5.88. The van der Waals surface area contributed by atoms with Gasteiger partial charge in [0.15, 0.2) is 0 Å². The SMILES string of the molecule is CCCC(=O)O.O=C(OO)c1ccccc1. The van der Waals surface area contributed by atoms with Gasteiger partial charge >= 0.3 is 11.9 Å². The summed E-state index contributed by atoms with van der Waals surface area (Å²) in [4.78, 5) is 23.6. The summed E-state index contributed by atoms with van der Waals surface area (Å²) in [6.07, 6.45) is 1.02. The Hall–Kier alpha value is -1.88. The van der Waals surface area contributed by atoms with Gasteiger partial charge in [-0.05, 0) is 18.6 Å². The van der Waals surface area contributed by atoms with Gasteiger partial charge in [0, 0.05) is 6.42 Å². The van der Waals surface area contributed by atoms with Crippen molar-refractivity contribution in [3.8, 4) is 0 Å². The Morgan fingerprint density at radius 2 is 1.81 bits per heavy atom. The molecule has 0 amide bonds. The molecule has 0 fully saturated rings. The fraction of sp³-hybridized carbons (Fsp3) is 0.273. The molecule has 88 valence electrons. The Morgan fingerprint density at radius 3 is 2.12 bits per heavy atom. The molecule has 5 nitrogen and oxygen atoms in total. The number of benzene rings is 1. The Kier molecular flexibility index (Phi) is 7.44. The number of aliphatic carboxylic acids is 1. The molecule has 0 atom stereocenters. The Balaban J connectivity index is 0.000000325. The van der Waals surface area contributed by atoms with Crippen LogP contribution in [0.3, 0.4) is 0 Å². The van der Waals surface area contributed by atoms with Crippen molar-refractivity contribution in [1.29, 1.82) is 0 Å². The number of carboxylic acid groups (broad SMARTS) is 1. The first-order valence-corrected chi connectivity index (χ1v) is 4.74. The van der Waals surface area contributed by atoms with E-state index >= 15 is 0 Å². The van der Waals surface area contributed by atoms with Crippen LogP contribution in [0.1, 0.15) is 30.1 Å². The zero-order valence-corrected chi connectivity index (χ0v) is 8.92. The van der Waals surface area contributed by atoms with Crippen LogP contribution in [0.25, 0.3) is 0 Å². The van der Waals surface area contributed by atoms with Gasteiger partial charge in [-0.15, -0.1) is 0 Å². The highest BCUT2D eigenvalue weighted by atomic mass is 17.1. The van der Waals surface area contributed by atoms with Crippen LogP contribution >= 0.6 is 0 Å². The molecule has 0 unspecified atom stereocenters. The van der Waals surface area contributed by atoms with Gasteiger partial charge in [-0.2, -0.15) is 5.26 Å². The predicted octanol–water partition coefficient (Wildman–Crippen LogP) is 2.19. The summed E-state index contributed by atoms with van der Waals surface area (Å²) in [7, 11) is 0. The summed E-state index contributed by atoms with van der Waals surface area (Å²) in [5.41, 5.74) is 0.338. The minimum atomic E-state index is -0.736. The van der Waals surface area contributed by atoms with Gasteiger partial charge in [0.25, 0.3) is 0 Å². The standard InChI is InChI=1S/C7H6O3.C4H8O2/c8-7(10-9)6-4-2-1-3-5-6;1-2-3-4(5)6/h1-5,9H;2-3H2,1H3,(H,5,6). The first-order chi connectivity index (χ1) is 7.61. The van der Waals surface area contributed by atoms with Crippen molar-refractivity contribution in [3.63, 3.8) is 0 Å². The van der Waals surface area contributed by atoms with Gasteiger partial charge in [-0.1, -0.05) is 25.1 Å². The molecule has 1 rings (SSSR count). The molecule has 5 heteroatoms. The average Bonchev–Trinajstić information content (AvgIpc) is 2.30. The number of carboxylic acids is 1. The maximum atomic E-state index is 10.5. The van der Waals surface area contributed by atoms with Crippen molar-refractivity contribution in [3.05, 3.63) is 35.9 Å². The number of carbonyl (C=O) groups excluding carboxylic acids is 1. The molecule has 16 heavy (non-hydrogen) atoms. The first kappa shape index (κ1) is 14.1. The average molecular weight is 226 g/mol. The van der Waals surface area contributed by atoms with Crippen molar-refractivity contribution in [1.82, 2.24) is 0 Å². The van der Waals surface area contributed by atoms with Gasteiger partial charge in [0.05, 0.1) is 5.56 Å². The van der Waals surface area contributed by atoms with Crippen LogP contribution in [-0.2, 0) is 9.68 Å². The Morgan fingerprint density at radius 1 is 1.25 bits per heavy atom. The van der Waals surface area contributed by atoms with E-state index in [-0.39, 0.29) is 0 Å². The summed E-state index contributed by atoms with van der Waals surface area (Å²) in [6, 6.07) is 8.25. The molecular weight excluding hydrogens is 212 g/mol. The van der Waals surface area contributed by atoms with E-state index in [4.69, 9.17) is 10.4 Å². The van der Waals surface area contributed by atoms with E-state index in [0.29, 0.717) is 12.0 Å². The molecule has 0 saturated carbocycles. The van der Waals surface area contributed by atoms with E-state index in [9.17, 15) is 9.59 Å². The van der Waals surface area contributed by atoms with Crippen molar-refractivity contribution >= 4 is 11.9 Å². The monoisotopic (exact) mass is 226 g/mol. The molecule has 0 aliphatic carbocycles. The van der Waals surface area contributed by atoms with Gasteiger partial charge < -0.3 is 5.11 Å². The van der Waals surface area contributed by atoms with Gasteiger partial charge in [-0.3, -0.25) is 9.68 Å². The zero-order valence-electron chi connectivity index (χ0n) is 8.92. The van der Waals surface area contributed by atoms with Gasteiger partial charge in [0.2, 0.25) is 0 Å². The molecule has 0 aliphatic rings. The van der Waals surface area contributed by atoms with Gasteiger partial charge in [0.1, 0.15) is 0 Å². The van der Waals surface area contributed by atoms with Crippen molar-refractivity contribution in [2.75, 3.05) is 0 Å². The summed E-state index contributed by atoms with van der Waals surface area (Å²) in [5, 5.41) is 15.9. The molecule has 0 bridgehead atoms. The summed E-state index contributed by atoms with van der Waals surface area (Å²) >= 11 is 0. The van der Waals surface area contributed by atoms with Crippen molar-refractivity contribution in [2.24, 2.45) is 0 Å². The number of hydrogen-bond acceptors (Lipinski definition) is 4. The zero-order chi connectivity index (χ0) is 12.4. The summed E-state index contributed by atoms with van der Waals surface area (Å²) < 4.78 is 0. The predicted molar refractivity (Wildman–Crippen MR) is 57.0 cm³/mol. The molecule has 0 aliphatic heterocycles. The lowest BCUT2D eigenvalue weighted by Gasteiger charge is -1.92. The lowest BCUT2D eigenvalue weighted by molar-refractivity contribution is -0.182. The minimum absolute atomic E-state index is 0.292. The van der Waals surface area contributed by atoms with Crippen molar-refractivity contribution < 1.29 is 24.8 Å². The Labute approximate surface area is 93.2 Å². The van der Waals surface area contributed by atoms with Crippen LogP contribution in [0.4, 0.5) is 0 Å². The molecule has 0 aromatic heterocycles. The smallest absolute Gasteiger partial charge is 0.372 e. The molecule has 1 aromatic rings. The quantitative estimate of drug-likeness (QED) is 0.609. The van der Waals surface area contributed by atoms with E-state index in [1.54, 1.807) is 30.3 Å². The molecule has 0 spiro atoms. The first-order valence-electron chi connectivity index (χ1n) is 4.74. The second kappa shape index (κ2) is 8.43. The number of rotatable bonds is 3. The second-order valence-corrected chi connectivity index (χ2v) is 2.89. The van der Waals surface area contributed by atoms with Crippen molar-refractivity contribution in [2.45, 2.75) is 19.8 Å². The fourth-order valence-electron chi connectivity index (χ4n) is 0.841. The molecule has 2 N–H and O–H groups in total. The molecule has 0 saturated heterocycles. The molecule has 1 aromatic carbocycles. The van der Waals surface area contributed by atoms with Crippen LogP contribution in [-0.4, -0.2) is 22.3 Å². The third kappa shape index (κ3) is 6.56. The fourth-order valence-corrected chi connectivity index (χ4v) is 0.841. The maximum Gasteiger partial charge on any atom is 0.372 e. The Bertz CT molecular complexity index is 320. The lowest BCUT2D eigenvalue weighted by Crippen LogP contribution is -2.00. The van der Waals surface area contributed by atoms with Crippen LogP contribution in [0.5, 0.6) is 0 Å². The summed E-state index contributed by atoms with van der Waals surface area (Å²) in [6.45, 7) is 1.84. The molecule has 0 radical (unpaired) electrons. The lowest BCUT2D eigenvalue weighted by atomic mass is 10.2. The largest absolute Gasteiger partial charge is 0.481 e. The van der Waals surface area contributed by atoms with Crippen LogP contribution in [0.2, 0.25) is 0 Å². The number of hydrogen-bond donors (Lipinski definition) is 2. The maximum absolute atomic E-state index is 10.5. The van der Waals surface area contributed by atoms with Crippen LogP contribution in [0, 0.1) is 0 Å². The topological polar surface area (TPSA) is 83.8 Å². The minimum Gasteiger partial charge on any atom is -0.481 e. The molecular formula is C11H14O5. The van der Waals surface area contributed by atoms with E-state index in [0.717, 1.165) is 6.42 Å². The van der Waals surface area contributed by atoms with E-state index in [2.05, 4.69) is 4.89 Å².